The molecule has 0 saturated carbocycles. The van der Waals surface area contributed by atoms with Gasteiger partial charge in [-0.2, -0.15) is 0 Å². The minimum Gasteiger partial charge on any atom is -0.361 e. The predicted molar refractivity (Wildman–Crippen MR) is 104 cm³/mol. The van der Waals surface area contributed by atoms with Crippen LogP contribution >= 0.6 is 12.4 Å². The number of rotatable bonds is 3. The van der Waals surface area contributed by atoms with Crippen LogP contribution in [0.1, 0.15) is 25.3 Å². The molecule has 1 N–H and O–H groups in total. The zero-order valence-electron chi connectivity index (χ0n) is 13.8. The van der Waals surface area contributed by atoms with Crippen LogP contribution in [0.25, 0.3) is 10.9 Å². The third-order valence-corrected chi connectivity index (χ3v) is 4.54. The number of amidine groups is 1. The van der Waals surface area contributed by atoms with Crippen LogP contribution < -0.4 is 4.90 Å². The van der Waals surface area contributed by atoms with E-state index in [-0.39, 0.29) is 12.4 Å². The van der Waals surface area contributed by atoms with Gasteiger partial charge in [0.05, 0.1) is 6.54 Å². The zero-order chi connectivity index (χ0) is 15.6. The zero-order valence-corrected chi connectivity index (χ0v) is 14.6. The van der Waals surface area contributed by atoms with Gasteiger partial charge in [0.1, 0.15) is 5.84 Å². The molecule has 24 heavy (non-hydrogen) atoms. The molecule has 2 aromatic carbocycles. The molecule has 0 fully saturated rings. The molecule has 0 aliphatic carbocycles. The summed E-state index contributed by atoms with van der Waals surface area (Å²) in [5, 5.41) is 1.29. The fourth-order valence-electron chi connectivity index (χ4n) is 3.30. The average molecular weight is 340 g/mol. The summed E-state index contributed by atoms with van der Waals surface area (Å²) in [5.74, 6) is 1.20. The molecule has 0 saturated heterocycles. The number of anilines is 1. The summed E-state index contributed by atoms with van der Waals surface area (Å²) >= 11 is 0. The monoisotopic (exact) mass is 339 g/mol. The minimum atomic E-state index is 0. The van der Waals surface area contributed by atoms with E-state index in [2.05, 4.69) is 77.6 Å². The molecule has 3 aromatic rings. The van der Waals surface area contributed by atoms with Crippen molar-refractivity contribution in [3.05, 3.63) is 66.4 Å². The Morgan fingerprint density at radius 1 is 1.08 bits per heavy atom. The molecule has 124 valence electrons. The van der Waals surface area contributed by atoms with Crippen LogP contribution in [-0.4, -0.2) is 16.9 Å². The van der Waals surface area contributed by atoms with E-state index in [4.69, 9.17) is 4.99 Å². The number of hydrogen-bond acceptors (Lipinski definition) is 2. The van der Waals surface area contributed by atoms with Gasteiger partial charge >= 0.3 is 0 Å². The first kappa shape index (κ1) is 16.6. The Morgan fingerprint density at radius 3 is 2.58 bits per heavy atom. The molecule has 3 nitrogen and oxygen atoms in total. The molecule has 1 aromatic heterocycles. The van der Waals surface area contributed by atoms with Crippen LogP contribution in [0.2, 0.25) is 0 Å². The van der Waals surface area contributed by atoms with Gasteiger partial charge in [-0.1, -0.05) is 36.4 Å². The lowest BCUT2D eigenvalue weighted by molar-refractivity contribution is 0.739. The number of halogens is 1. The van der Waals surface area contributed by atoms with E-state index < -0.39 is 0 Å². The fraction of sp³-hybridized carbons (Fsp3) is 0.250. The van der Waals surface area contributed by atoms with Crippen LogP contribution in [0.4, 0.5) is 5.69 Å². The number of aromatic amines is 1. The number of aromatic nitrogens is 1. The van der Waals surface area contributed by atoms with Crippen LogP contribution in [0.5, 0.6) is 0 Å². The largest absolute Gasteiger partial charge is 0.361 e. The lowest BCUT2D eigenvalue weighted by Gasteiger charge is -2.24. The Balaban J connectivity index is 0.00000169. The van der Waals surface area contributed by atoms with Crippen LogP contribution in [-0.2, 0) is 6.54 Å². The van der Waals surface area contributed by atoms with Crippen molar-refractivity contribution in [1.29, 1.82) is 0 Å². The summed E-state index contributed by atoms with van der Waals surface area (Å²) < 4.78 is 0. The molecule has 1 unspecified atom stereocenters. The Kier molecular flexibility index (Phi) is 4.91. The average Bonchev–Trinajstić information content (AvgIpc) is 3.20. The van der Waals surface area contributed by atoms with Gasteiger partial charge in [-0.25, -0.2) is 0 Å². The maximum Gasteiger partial charge on any atom is 0.104 e. The van der Waals surface area contributed by atoms with Gasteiger partial charge in [-0.05, 0) is 37.1 Å². The van der Waals surface area contributed by atoms with Crippen molar-refractivity contribution in [3.63, 3.8) is 0 Å². The highest BCUT2D eigenvalue weighted by molar-refractivity contribution is 5.99. The first-order valence-electron chi connectivity index (χ1n) is 8.25. The smallest absolute Gasteiger partial charge is 0.104 e. The van der Waals surface area contributed by atoms with E-state index in [0.29, 0.717) is 6.04 Å². The number of para-hydroxylation sites is 2. The molecule has 1 aliphatic rings. The molecule has 0 amide bonds. The molecule has 1 aliphatic heterocycles. The van der Waals surface area contributed by atoms with Crippen LogP contribution in [0.3, 0.4) is 0 Å². The van der Waals surface area contributed by atoms with Gasteiger partial charge in [-0.3, -0.25) is 4.99 Å². The predicted octanol–water partition coefficient (Wildman–Crippen LogP) is 5.18. The van der Waals surface area contributed by atoms with E-state index in [9.17, 15) is 0 Å². The number of nitrogens with one attached hydrogen (secondary N) is 1. The second kappa shape index (κ2) is 7.10. The molecular formula is C20H22ClN3. The number of fused-ring (bicyclic) bond motifs is 1. The molecule has 0 radical (unpaired) electrons. The minimum absolute atomic E-state index is 0. The van der Waals surface area contributed by atoms with E-state index in [1.54, 1.807) is 0 Å². The maximum absolute atomic E-state index is 4.86. The summed E-state index contributed by atoms with van der Waals surface area (Å²) in [6, 6.07) is 19.5. The summed E-state index contributed by atoms with van der Waals surface area (Å²) in [5.41, 5.74) is 3.72. The molecule has 4 rings (SSSR count). The number of nitrogens with zero attached hydrogens (tertiary/aromatic N) is 2. The van der Waals surface area contributed by atoms with Gasteiger partial charge < -0.3 is 9.88 Å². The third kappa shape index (κ3) is 3.17. The summed E-state index contributed by atoms with van der Waals surface area (Å²) in [6.07, 6.45) is 4.32. The SMILES string of the molecule is CC1CCC(N(Cc2c[nH]c3ccccc23)c2ccccc2)=N1.Cl. The number of aliphatic imine (C=N–C) groups is 1. The van der Waals surface area contributed by atoms with Gasteiger partial charge in [-0.15, -0.1) is 12.4 Å². The van der Waals surface area contributed by atoms with Crippen LogP contribution in [0.15, 0.2) is 65.8 Å². The lowest BCUT2D eigenvalue weighted by atomic mass is 10.1. The van der Waals surface area contributed by atoms with Crippen molar-refractivity contribution in [3.8, 4) is 0 Å². The van der Waals surface area contributed by atoms with Crippen molar-refractivity contribution in [2.45, 2.75) is 32.4 Å². The van der Waals surface area contributed by atoms with Crippen molar-refractivity contribution >= 4 is 34.8 Å². The molecule has 2 heterocycles. The van der Waals surface area contributed by atoms with Crippen molar-refractivity contribution in [2.75, 3.05) is 4.90 Å². The summed E-state index contributed by atoms with van der Waals surface area (Å²) in [6.45, 7) is 3.04. The lowest BCUT2D eigenvalue weighted by Crippen LogP contribution is -2.28. The quantitative estimate of drug-likeness (QED) is 0.700. The summed E-state index contributed by atoms with van der Waals surface area (Å²) in [4.78, 5) is 10.6. The second-order valence-electron chi connectivity index (χ2n) is 6.21. The van der Waals surface area contributed by atoms with Crippen molar-refractivity contribution in [2.24, 2.45) is 4.99 Å². The molecule has 1 atom stereocenters. The van der Waals surface area contributed by atoms with E-state index in [1.807, 2.05) is 0 Å². The standard InChI is InChI=1S/C20H21N3.ClH/c1-15-11-12-20(22-15)23(17-7-3-2-4-8-17)14-16-13-21-19-10-6-5-9-18(16)19;/h2-10,13,15,21H,11-12,14H2,1H3;1H. The van der Waals surface area contributed by atoms with Gasteiger partial charge in [0.15, 0.2) is 0 Å². The first-order chi connectivity index (χ1) is 11.3. The third-order valence-electron chi connectivity index (χ3n) is 4.54. The van der Waals surface area contributed by atoms with E-state index >= 15 is 0 Å². The Hall–Kier alpha value is -2.26. The molecule has 4 heteroatoms. The van der Waals surface area contributed by atoms with E-state index in [0.717, 1.165) is 19.4 Å². The highest BCUT2D eigenvalue weighted by Gasteiger charge is 2.21. The van der Waals surface area contributed by atoms with Crippen molar-refractivity contribution < 1.29 is 0 Å². The Bertz CT molecular complexity index is 838. The second-order valence-corrected chi connectivity index (χ2v) is 6.21. The molecular weight excluding hydrogens is 318 g/mol. The number of H-pyrrole nitrogens is 1. The topological polar surface area (TPSA) is 31.4 Å². The van der Waals surface area contributed by atoms with Crippen molar-refractivity contribution in [1.82, 2.24) is 4.98 Å². The molecule has 0 spiro atoms. The Morgan fingerprint density at radius 2 is 1.83 bits per heavy atom. The van der Waals surface area contributed by atoms with E-state index in [1.165, 1.54) is 28.0 Å². The number of hydrogen-bond donors (Lipinski definition) is 1. The van der Waals surface area contributed by atoms with Gasteiger partial charge in [0.2, 0.25) is 0 Å². The molecule has 0 bridgehead atoms. The fourth-order valence-corrected chi connectivity index (χ4v) is 3.30. The highest BCUT2D eigenvalue weighted by Crippen LogP contribution is 2.26. The normalized spacial score (nSPS) is 16.7. The van der Waals surface area contributed by atoms with Gasteiger partial charge in [0, 0.05) is 35.2 Å². The first-order valence-corrected chi connectivity index (χ1v) is 8.25. The summed E-state index contributed by atoms with van der Waals surface area (Å²) in [7, 11) is 0. The van der Waals surface area contributed by atoms with Gasteiger partial charge in [0.25, 0.3) is 0 Å². The van der Waals surface area contributed by atoms with Crippen LogP contribution in [0, 0.1) is 0 Å². The number of benzene rings is 2. The maximum atomic E-state index is 4.86. The highest BCUT2D eigenvalue weighted by atomic mass is 35.5. The Labute approximate surface area is 148 Å².